The predicted octanol–water partition coefficient (Wildman–Crippen LogP) is 4.45. The van der Waals surface area contributed by atoms with Crippen LogP contribution >= 0.6 is 0 Å². The summed E-state index contributed by atoms with van der Waals surface area (Å²) in [5, 5.41) is 3.03. The first kappa shape index (κ1) is 20.6. The highest BCUT2D eigenvalue weighted by atomic mass is 16.2. The van der Waals surface area contributed by atoms with Gasteiger partial charge < -0.3 is 9.88 Å². The first-order valence-corrected chi connectivity index (χ1v) is 10.4. The molecule has 0 aliphatic carbocycles. The van der Waals surface area contributed by atoms with Crippen LogP contribution in [0.25, 0.3) is 22.2 Å². The average Bonchev–Trinajstić information content (AvgIpc) is 3.10. The standard InChI is InChI=1S/C25H26N4O2/c1-5-28-15-26-23-20(19-9-7-6-8-10-19)13-29(24(23)25(28)31)14-21(30)27-22-17(3)11-16(2)12-18(22)4/h6-13,15H,5,14H2,1-4H3,(H,27,30). The second-order valence-corrected chi connectivity index (χ2v) is 7.89. The molecule has 31 heavy (non-hydrogen) atoms. The Kier molecular flexibility index (Phi) is 5.46. The largest absolute Gasteiger partial charge is 0.332 e. The number of aryl methyl sites for hydroxylation is 4. The lowest BCUT2D eigenvalue weighted by atomic mass is 10.1. The van der Waals surface area contributed by atoms with Gasteiger partial charge in [0, 0.05) is 24.0 Å². The van der Waals surface area contributed by atoms with Gasteiger partial charge in [0.25, 0.3) is 5.56 Å². The fraction of sp³-hybridized carbons (Fsp3) is 0.240. The molecule has 0 spiro atoms. The van der Waals surface area contributed by atoms with E-state index in [-0.39, 0.29) is 18.0 Å². The molecule has 1 N–H and O–H groups in total. The Morgan fingerprint density at radius 3 is 2.35 bits per heavy atom. The van der Waals surface area contributed by atoms with E-state index in [1.807, 2.05) is 76.4 Å². The lowest BCUT2D eigenvalue weighted by molar-refractivity contribution is -0.116. The number of nitrogens with one attached hydrogen (secondary N) is 1. The minimum absolute atomic E-state index is 0.0285. The zero-order valence-corrected chi connectivity index (χ0v) is 18.3. The molecule has 0 saturated carbocycles. The second-order valence-electron chi connectivity index (χ2n) is 7.89. The minimum atomic E-state index is -0.183. The first-order valence-electron chi connectivity index (χ1n) is 10.4. The summed E-state index contributed by atoms with van der Waals surface area (Å²) in [5.74, 6) is -0.183. The Bertz CT molecular complexity index is 1310. The predicted molar refractivity (Wildman–Crippen MR) is 124 cm³/mol. The Labute approximate surface area is 181 Å². The molecule has 0 saturated heterocycles. The number of amides is 1. The van der Waals surface area contributed by atoms with Crippen LogP contribution in [0, 0.1) is 20.8 Å². The Balaban J connectivity index is 1.77. The average molecular weight is 415 g/mol. The van der Waals surface area contributed by atoms with Gasteiger partial charge in [-0.25, -0.2) is 4.98 Å². The molecule has 2 aromatic heterocycles. The molecule has 0 aliphatic heterocycles. The third-order valence-electron chi connectivity index (χ3n) is 5.52. The number of aromatic nitrogens is 3. The third kappa shape index (κ3) is 3.89. The van der Waals surface area contributed by atoms with Crippen molar-refractivity contribution in [3.05, 3.63) is 82.0 Å². The Morgan fingerprint density at radius 2 is 1.71 bits per heavy atom. The highest BCUT2D eigenvalue weighted by molar-refractivity contribution is 5.96. The van der Waals surface area contributed by atoms with Crippen molar-refractivity contribution >= 4 is 22.6 Å². The number of rotatable bonds is 5. The SMILES string of the molecule is CCn1cnc2c(-c3ccccc3)cn(CC(=O)Nc3c(C)cc(C)cc3C)c2c1=O. The Hall–Kier alpha value is -3.67. The lowest BCUT2D eigenvalue weighted by Crippen LogP contribution is -2.25. The van der Waals surface area contributed by atoms with E-state index in [0.717, 1.165) is 33.5 Å². The van der Waals surface area contributed by atoms with E-state index in [2.05, 4.69) is 10.3 Å². The molecule has 1 amide bonds. The van der Waals surface area contributed by atoms with Gasteiger partial charge in [0.1, 0.15) is 17.6 Å². The molecular weight excluding hydrogens is 388 g/mol. The molecular formula is C25H26N4O2. The molecule has 158 valence electrons. The minimum Gasteiger partial charge on any atom is -0.332 e. The van der Waals surface area contributed by atoms with E-state index in [0.29, 0.717) is 17.6 Å². The second kappa shape index (κ2) is 8.22. The van der Waals surface area contributed by atoms with E-state index in [1.54, 1.807) is 15.5 Å². The summed E-state index contributed by atoms with van der Waals surface area (Å²) in [6.45, 7) is 8.45. The van der Waals surface area contributed by atoms with Crippen LogP contribution in [0.3, 0.4) is 0 Å². The van der Waals surface area contributed by atoms with Crippen LogP contribution in [0.5, 0.6) is 0 Å². The van der Waals surface area contributed by atoms with E-state index in [1.165, 1.54) is 0 Å². The maximum Gasteiger partial charge on any atom is 0.277 e. The molecule has 6 heteroatoms. The van der Waals surface area contributed by atoms with Gasteiger partial charge in [0.15, 0.2) is 0 Å². The van der Waals surface area contributed by atoms with Crippen LogP contribution in [0.15, 0.2) is 59.8 Å². The summed E-state index contributed by atoms with van der Waals surface area (Å²) in [6, 6.07) is 13.9. The summed E-state index contributed by atoms with van der Waals surface area (Å²) in [7, 11) is 0. The van der Waals surface area contributed by atoms with Crippen LogP contribution in [0.4, 0.5) is 5.69 Å². The van der Waals surface area contributed by atoms with E-state index >= 15 is 0 Å². The van der Waals surface area contributed by atoms with E-state index < -0.39 is 0 Å². The van der Waals surface area contributed by atoms with Crippen molar-refractivity contribution in [2.24, 2.45) is 0 Å². The number of hydrogen-bond acceptors (Lipinski definition) is 3. The highest BCUT2D eigenvalue weighted by Gasteiger charge is 2.18. The summed E-state index contributed by atoms with van der Waals surface area (Å²) >= 11 is 0. The number of fused-ring (bicyclic) bond motifs is 1. The number of carbonyl (C=O) groups is 1. The Morgan fingerprint density at radius 1 is 1.03 bits per heavy atom. The molecule has 0 fully saturated rings. The molecule has 2 aromatic carbocycles. The van der Waals surface area contributed by atoms with E-state index in [4.69, 9.17) is 0 Å². The van der Waals surface area contributed by atoms with Gasteiger partial charge in [-0.2, -0.15) is 0 Å². The van der Waals surface area contributed by atoms with E-state index in [9.17, 15) is 9.59 Å². The van der Waals surface area contributed by atoms with Gasteiger partial charge in [-0.1, -0.05) is 48.0 Å². The lowest BCUT2D eigenvalue weighted by Gasteiger charge is -2.13. The molecule has 2 heterocycles. The monoisotopic (exact) mass is 414 g/mol. The molecule has 0 unspecified atom stereocenters. The maximum absolute atomic E-state index is 13.1. The van der Waals surface area contributed by atoms with Gasteiger partial charge in [0.2, 0.25) is 5.91 Å². The highest BCUT2D eigenvalue weighted by Crippen LogP contribution is 2.28. The van der Waals surface area contributed by atoms with Crippen molar-refractivity contribution in [2.75, 3.05) is 5.32 Å². The van der Waals surface area contributed by atoms with Gasteiger partial charge in [-0.15, -0.1) is 0 Å². The first-order chi connectivity index (χ1) is 14.9. The number of hydrogen-bond donors (Lipinski definition) is 1. The smallest absolute Gasteiger partial charge is 0.277 e. The van der Waals surface area contributed by atoms with Gasteiger partial charge in [0.05, 0.1) is 6.33 Å². The fourth-order valence-corrected chi connectivity index (χ4v) is 4.11. The zero-order chi connectivity index (χ0) is 22.1. The van der Waals surface area contributed by atoms with Crippen molar-refractivity contribution < 1.29 is 4.79 Å². The van der Waals surface area contributed by atoms with Crippen molar-refractivity contribution in [1.29, 1.82) is 0 Å². The van der Waals surface area contributed by atoms with Crippen LogP contribution in [-0.2, 0) is 17.9 Å². The van der Waals surface area contributed by atoms with Crippen molar-refractivity contribution in [3.63, 3.8) is 0 Å². The molecule has 4 rings (SSSR count). The number of anilines is 1. The number of carbonyl (C=O) groups excluding carboxylic acids is 1. The normalized spacial score (nSPS) is 11.1. The van der Waals surface area contributed by atoms with Crippen LogP contribution in [-0.4, -0.2) is 20.0 Å². The molecule has 4 aromatic rings. The van der Waals surface area contributed by atoms with Gasteiger partial charge in [-0.05, 0) is 44.4 Å². The summed E-state index contributed by atoms with van der Waals surface area (Å²) in [5.41, 5.74) is 6.70. The summed E-state index contributed by atoms with van der Waals surface area (Å²) in [4.78, 5) is 30.6. The molecule has 0 aliphatic rings. The zero-order valence-electron chi connectivity index (χ0n) is 18.3. The van der Waals surface area contributed by atoms with Gasteiger partial charge in [-0.3, -0.25) is 14.2 Å². The van der Waals surface area contributed by atoms with Crippen LogP contribution in [0.1, 0.15) is 23.6 Å². The topological polar surface area (TPSA) is 68.9 Å². The third-order valence-corrected chi connectivity index (χ3v) is 5.52. The fourth-order valence-electron chi connectivity index (χ4n) is 4.11. The van der Waals surface area contributed by atoms with Gasteiger partial charge >= 0.3 is 0 Å². The molecule has 0 radical (unpaired) electrons. The summed E-state index contributed by atoms with van der Waals surface area (Å²) in [6.07, 6.45) is 3.42. The summed E-state index contributed by atoms with van der Waals surface area (Å²) < 4.78 is 3.27. The number of benzene rings is 2. The van der Waals surface area contributed by atoms with Crippen molar-refractivity contribution in [2.45, 2.75) is 40.8 Å². The maximum atomic E-state index is 13.1. The van der Waals surface area contributed by atoms with Crippen LogP contribution in [0.2, 0.25) is 0 Å². The molecule has 0 atom stereocenters. The van der Waals surface area contributed by atoms with Crippen molar-refractivity contribution in [1.82, 2.24) is 14.1 Å². The van der Waals surface area contributed by atoms with Crippen LogP contribution < -0.4 is 10.9 Å². The molecule has 6 nitrogen and oxygen atoms in total. The molecule has 0 bridgehead atoms. The number of nitrogens with zero attached hydrogens (tertiary/aromatic N) is 3. The quantitative estimate of drug-likeness (QED) is 0.525. The van der Waals surface area contributed by atoms with Crippen molar-refractivity contribution in [3.8, 4) is 11.1 Å².